The predicted octanol–water partition coefficient (Wildman–Crippen LogP) is 3.19. The number of anilines is 1. The van der Waals surface area contributed by atoms with Gasteiger partial charge >= 0.3 is 0 Å². The molecule has 0 aliphatic carbocycles. The molecule has 6 heteroatoms. The van der Waals surface area contributed by atoms with E-state index in [1.54, 1.807) is 24.6 Å². The summed E-state index contributed by atoms with van der Waals surface area (Å²) in [4.78, 5) is 10.6. The van der Waals surface area contributed by atoms with Gasteiger partial charge in [0, 0.05) is 54.5 Å². The number of hydrogen-bond donors (Lipinski definition) is 3. The average Bonchev–Trinajstić information content (AvgIpc) is 2.62. The lowest BCUT2D eigenvalue weighted by molar-refractivity contribution is 0.450. The maximum Gasteiger partial charge on any atom is 0.128 e. The Labute approximate surface area is 153 Å². The SMILES string of the molecule is CCN(CC)c1ccc(C=NCCN=Cc2ccc(O)cc2O)c(O)c1. The first-order valence-electron chi connectivity index (χ1n) is 8.64. The largest absolute Gasteiger partial charge is 0.508 e. The molecule has 0 aliphatic heterocycles. The maximum absolute atomic E-state index is 10.1. The van der Waals surface area contributed by atoms with Crippen LogP contribution in [0.2, 0.25) is 0 Å². The number of aliphatic imine (C=N–C) groups is 2. The Kier molecular flexibility index (Phi) is 7.02. The summed E-state index contributed by atoms with van der Waals surface area (Å²) in [6, 6.07) is 9.92. The van der Waals surface area contributed by atoms with Crippen molar-refractivity contribution in [3.8, 4) is 17.2 Å². The van der Waals surface area contributed by atoms with Gasteiger partial charge in [-0.25, -0.2) is 0 Å². The van der Waals surface area contributed by atoms with Crippen LogP contribution in [0.5, 0.6) is 17.2 Å². The van der Waals surface area contributed by atoms with Gasteiger partial charge < -0.3 is 20.2 Å². The van der Waals surface area contributed by atoms with E-state index in [1.807, 2.05) is 12.1 Å². The van der Waals surface area contributed by atoms with Crippen LogP contribution in [-0.2, 0) is 0 Å². The molecule has 0 atom stereocenters. The van der Waals surface area contributed by atoms with Gasteiger partial charge in [-0.1, -0.05) is 0 Å². The molecule has 0 aromatic heterocycles. The highest BCUT2D eigenvalue weighted by Gasteiger charge is 2.05. The Balaban J connectivity index is 1.89. The van der Waals surface area contributed by atoms with Crippen molar-refractivity contribution in [2.24, 2.45) is 9.98 Å². The summed E-state index contributed by atoms with van der Waals surface area (Å²) in [5.74, 6) is 0.196. The summed E-state index contributed by atoms with van der Waals surface area (Å²) in [6.07, 6.45) is 3.18. The Morgan fingerprint density at radius 3 is 1.85 bits per heavy atom. The van der Waals surface area contributed by atoms with Gasteiger partial charge in [0.15, 0.2) is 0 Å². The first-order chi connectivity index (χ1) is 12.5. The fourth-order valence-electron chi connectivity index (χ4n) is 2.51. The highest BCUT2D eigenvalue weighted by atomic mass is 16.3. The van der Waals surface area contributed by atoms with Crippen LogP contribution in [0.15, 0.2) is 46.4 Å². The topological polar surface area (TPSA) is 88.7 Å². The number of hydrogen-bond acceptors (Lipinski definition) is 6. The predicted molar refractivity (Wildman–Crippen MR) is 106 cm³/mol. The molecule has 26 heavy (non-hydrogen) atoms. The standard InChI is InChI=1S/C20H25N3O3/c1-3-23(4-2)17-7-5-15(19(25)11-17)13-21-9-10-22-14-16-6-8-18(24)12-20(16)26/h5-8,11-14,24-26H,3-4,9-10H2,1-2H3. The molecule has 0 amide bonds. The second-order valence-electron chi connectivity index (χ2n) is 5.73. The molecule has 0 spiro atoms. The summed E-state index contributed by atoms with van der Waals surface area (Å²) in [7, 11) is 0. The number of rotatable bonds is 8. The number of aromatic hydroxyl groups is 3. The van der Waals surface area contributed by atoms with Crippen molar-refractivity contribution in [2.75, 3.05) is 31.1 Å². The lowest BCUT2D eigenvalue weighted by Gasteiger charge is -2.21. The lowest BCUT2D eigenvalue weighted by Crippen LogP contribution is -2.21. The van der Waals surface area contributed by atoms with Crippen molar-refractivity contribution in [2.45, 2.75) is 13.8 Å². The second kappa shape index (κ2) is 9.46. The molecule has 0 heterocycles. The molecule has 138 valence electrons. The van der Waals surface area contributed by atoms with Gasteiger partial charge in [-0.05, 0) is 38.1 Å². The van der Waals surface area contributed by atoms with E-state index in [2.05, 4.69) is 28.7 Å². The van der Waals surface area contributed by atoms with E-state index < -0.39 is 0 Å². The first kappa shape index (κ1) is 19.3. The van der Waals surface area contributed by atoms with Gasteiger partial charge in [0.25, 0.3) is 0 Å². The van der Waals surface area contributed by atoms with Crippen LogP contribution in [-0.4, -0.2) is 53.9 Å². The number of nitrogens with zero attached hydrogens (tertiary/aromatic N) is 3. The smallest absolute Gasteiger partial charge is 0.128 e. The van der Waals surface area contributed by atoms with Gasteiger partial charge in [-0.3, -0.25) is 9.98 Å². The highest BCUT2D eigenvalue weighted by molar-refractivity contribution is 5.85. The van der Waals surface area contributed by atoms with Crippen molar-refractivity contribution in [3.63, 3.8) is 0 Å². The van der Waals surface area contributed by atoms with Gasteiger partial charge in [-0.15, -0.1) is 0 Å². The van der Waals surface area contributed by atoms with Crippen molar-refractivity contribution in [3.05, 3.63) is 47.5 Å². The average molecular weight is 355 g/mol. The summed E-state index contributed by atoms with van der Waals surface area (Å²) in [5.41, 5.74) is 2.19. The van der Waals surface area contributed by atoms with Gasteiger partial charge in [-0.2, -0.15) is 0 Å². The molecule has 0 bridgehead atoms. The van der Waals surface area contributed by atoms with Crippen LogP contribution in [0, 0.1) is 0 Å². The summed E-state index contributed by atoms with van der Waals surface area (Å²) in [5, 5.41) is 29.0. The van der Waals surface area contributed by atoms with Crippen molar-refractivity contribution in [1.82, 2.24) is 0 Å². The van der Waals surface area contributed by atoms with E-state index in [0.29, 0.717) is 24.2 Å². The minimum Gasteiger partial charge on any atom is -0.508 e. The number of benzene rings is 2. The highest BCUT2D eigenvalue weighted by Crippen LogP contribution is 2.23. The molecular weight excluding hydrogens is 330 g/mol. The van der Waals surface area contributed by atoms with E-state index in [9.17, 15) is 15.3 Å². The molecule has 2 rings (SSSR count). The summed E-state index contributed by atoms with van der Waals surface area (Å²) < 4.78 is 0. The zero-order chi connectivity index (χ0) is 18.9. The van der Waals surface area contributed by atoms with Crippen molar-refractivity contribution in [1.29, 1.82) is 0 Å². The third-order valence-electron chi connectivity index (χ3n) is 3.98. The van der Waals surface area contributed by atoms with E-state index in [4.69, 9.17) is 0 Å². The molecule has 2 aromatic rings. The number of phenols is 3. The molecule has 0 radical (unpaired) electrons. The van der Waals surface area contributed by atoms with Crippen LogP contribution in [0.25, 0.3) is 0 Å². The van der Waals surface area contributed by atoms with Crippen LogP contribution in [0.4, 0.5) is 5.69 Å². The number of phenolic OH excluding ortho intramolecular Hbond substituents is 3. The zero-order valence-corrected chi connectivity index (χ0v) is 15.1. The Morgan fingerprint density at radius 2 is 1.35 bits per heavy atom. The summed E-state index contributed by atoms with van der Waals surface area (Å²) >= 11 is 0. The molecule has 0 unspecified atom stereocenters. The van der Waals surface area contributed by atoms with Gasteiger partial charge in [0.1, 0.15) is 17.2 Å². The van der Waals surface area contributed by atoms with Gasteiger partial charge in [0.2, 0.25) is 0 Å². The van der Waals surface area contributed by atoms with Crippen LogP contribution < -0.4 is 4.90 Å². The van der Waals surface area contributed by atoms with Gasteiger partial charge in [0.05, 0.1) is 13.1 Å². The second-order valence-corrected chi connectivity index (χ2v) is 5.73. The molecule has 3 N–H and O–H groups in total. The Bertz CT molecular complexity index is 784. The Morgan fingerprint density at radius 1 is 0.808 bits per heavy atom. The molecule has 0 fully saturated rings. The third-order valence-corrected chi connectivity index (χ3v) is 3.98. The van der Waals surface area contributed by atoms with Crippen LogP contribution in [0.3, 0.4) is 0 Å². The quantitative estimate of drug-likeness (QED) is 0.501. The van der Waals surface area contributed by atoms with Crippen LogP contribution in [0.1, 0.15) is 25.0 Å². The lowest BCUT2D eigenvalue weighted by atomic mass is 10.2. The summed E-state index contributed by atoms with van der Waals surface area (Å²) in [6.45, 7) is 6.85. The van der Waals surface area contributed by atoms with Crippen molar-refractivity contribution >= 4 is 18.1 Å². The molecule has 2 aromatic carbocycles. The molecule has 0 saturated carbocycles. The minimum atomic E-state index is -0.0181. The first-order valence-corrected chi connectivity index (χ1v) is 8.64. The van der Waals surface area contributed by atoms with E-state index in [0.717, 1.165) is 18.8 Å². The van der Waals surface area contributed by atoms with E-state index >= 15 is 0 Å². The normalized spacial score (nSPS) is 11.5. The Hall–Kier alpha value is -3.02. The van der Waals surface area contributed by atoms with Crippen LogP contribution >= 0.6 is 0 Å². The monoisotopic (exact) mass is 355 g/mol. The fraction of sp³-hybridized carbons (Fsp3) is 0.300. The fourth-order valence-corrected chi connectivity index (χ4v) is 2.51. The molecule has 0 saturated heterocycles. The molecule has 6 nitrogen and oxygen atoms in total. The third kappa shape index (κ3) is 5.24. The van der Waals surface area contributed by atoms with E-state index in [-0.39, 0.29) is 17.2 Å². The molecular formula is C20H25N3O3. The zero-order valence-electron chi connectivity index (χ0n) is 15.1. The molecule has 0 aliphatic rings. The maximum atomic E-state index is 10.1. The van der Waals surface area contributed by atoms with E-state index in [1.165, 1.54) is 12.1 Å². The minimum absolute atomic E-state index is 0.0103. The van der Waals surface area contributed by atoms with Crippen molar-refractivity contribution < 1.29 is 15.3 Å².